The molecule has 3 aromatic rings. The van der Waals surface area contributed by atoms with Gasteiger partial charge in [-0.3, -0.25) is 0 Å². The fourth-order valence-corrected chi connectivity index (χ4v) is 3.17. The van der Waals surface area contributed by atoms with E-state index in [4.69, 9.17) is 4.42 Å². The molecule has 0 unspecified atom stereocenters. The maximum Gasteiger partial charge on any atom is 0.171 e. The van der Waals surface area contributed by atoms with Crippen molar-refractivity contribution in [1.29, 1.82) is 0 Å². The van der Waals surface area contributed by atoms with E-state index in [2.05, 4.69) is 0 Å². The minimum atomic E-state index is -0.445. The molecule has 1 aliphatic carbocycles. The van der Waals surface area contributed by atoms with Gasteiger partial charge in [0.25, 0.3) is 0 Å². The van der Waals surface area contributed by atoms with Gasteiger partial charge in [0.1, 0.15) is 0 Å². The van der Waals surface area contributed by atoms with Gasteiger partial charge in [-0.15, -0.1) is 0 Å². The highest BCUT2D eigenvalue weighted by Crippen LogP contribution is 2.35. The number of benzene rings is 2. The van der Waals surface area contributed by atoms with Crippen molar-refractivity contribution in [2.45, 2.75) is 32.1 Å². The third kappa shape index (κ3) is 2.03. The van der Waals surface area contributed by atoms with Gasteiger partial charge in [0.05, 0.1) is 0 Å². The standard InChI is InChI=1S/C18H16F2O/c19-15-6-2-5-13-14-10-9-12(8-7-11-3-1-4-11)16(20)18(14)21-17(13)15/h2,5-6,9-11H,1,3-4,7-8H2. The Labute approximate surface area is 121 Å². The number of fused-ring (bicyclic) bond motifs is 3. The Bertz CT molecular complexity index is 815. The number of rotatable bonds is 3. The van der Waals surface area contributed by atoms with Gasteiger partial charge in [-0.25, -0.2) is 8.78 Å². The molecular formula is C18H16F2O. The lowest BCUT2D eigenvalue weighted by Crippen LogP contribution is -2.11. The van der Waals surface area contributed by atoms with Crippen LogP contribution in [0.15, 0.2) is 34.7 Å². The molecule has 1 aromatic heterocycles. The van der Waals surface area contributed by atoms with Gasteiger partial charge in [-0.05, 0) is 36.5 Å². The smallest absolute Gasteiger partial charge is 0.171 e. The SMILES string of the molecule is Fc1cccc2c1oc1c(F)c(CCC3CCC3)ccc12. The minimum Gasteiger partial charge on any atom is -0.450 e. The van der Waals surface area contributed by atoms with E-state index < -0.39 is 5.82 Å². The first-order valence-electron chi connectivity index (χ1n) is 7.52. The fraction of sp³-hybridized carbons (Fsp3) is 0.333. The van der Waals surface area contributed by atoms with Gasteiger partial charge < -0.3 is 4.42 Å². The molecule has 0 N–H and O–H groups in total. The van der Waals surface area contributed by atoms with Gasteiger partial charge in [0.15, 0.2) is 22.8 Å². The number of hydrogen-bond donors (Lipinski definition) is 0. The van der Waals surface area contributed by atoms with Crippen molar-refractivity contribution >= 4 is 21.9 Å². The van der Waals surface area contributed by atoms with Gasteiger partial charge in [-0.2, -0.15) is 0 Å². The van der Waals surface area contributed by atoms with E-state index in [-0.39, 0.29) is 17.0 Å². The molecule has 21 heavy (non-hydrogen) atoms. The van der Waals surface area contributed by atoms with Crippen molar-refractivity contribution in [3.63, 3.8) is 0 Å². The molecule has 1 fully saturated rings. The lowest BCUT2D eigenvalue weighted by Gasteiger charge is -2.25. The average Bonchev–Trinajstić information content (AvgIpc) is 2.81. The molecule has 0 radical (unpaired) electrons. The van der Waals surface area contributed by atoms with Gasteiger partial charge in [0.2, 0.25) is 0 Å². The summed E-state index contributed by atoms with van der Waals surface area (Å²) in [6.45, 7) is 0. The predicted molar refractivity (Wildman–Crippen MR) is 79.3 cm³/mol. The fourth-order valence-electron chi connectivity index (χ4n) is 3.17. The topological polar surface area (TPSA) is 13.1 Å². The van der Waals surface area contributed by atoms with Crippen molar-refractivity contribution in [1.82, 2.24) is 0 Å². The van der Waals surface area contributed by atoms with Crippen LogP contribution >= 0.6 is 0 Å². The number of halogens is 2. The molecule has 1 saturated carbocycles. The first-order chi connectivity index (χ1) is 10.2. The normalized spacial score (nSPS) is 15.7. The maximum absolute atomic E-state index is 14.6. The van der Waals surface area contributed by atoms with Crippen LogP contribution in [-0.4, -0.2) is 0 Å². The molecule has 2 aromatic carbocycles. The number of aryl methyl sites for hydroxylation is 1. The summed E-state index contributed by atoms with van der Waals surface area (Å²) in [4.78, 5) is 0. The Morgan fingerprint density at radius 1 is 1.00 bits per heavy atom. The van der Waals surface area contributed by atoms with Crippen LogP contribution in [-0.2, 0) is 6.42 Å². The van der Waals surface area contributed by atoms with Crippen molar-refractivity contribution < 1.29 is 13.2 Å². The van der Waals surface area contributed by atoms with E-state index in [1.165, 1.54) is 25.3 Å². The van der Waals surface area contributed by atoms with Gasteiger partial charge >= 0.3 is 0 Å². The second-order valence-corrected chi connectivity index (χ2v) is 5.97. The van der Waals surface area contributed by atoms with Crippen LogP contribution in [0.2, 0.25) is 0 Å². The highest BCUT2D eigenvalue weighted by atomic mass is 19.1. The molecule has 4 rings (SSSR count). The largest absolute Gasteiger partial charge is 0.450 e. The zero-order valence-electron chi connectivity index (χ0n) is 11.7. The molecule has 3 heteroatoms. The molecule has 0 atom stereocenters. The Hall–Kier alpha value is -1.90. The van der Waals surface area contributed by atoms with Crippen LogP contribution in [0.1, 0.15) is 31.2 Å². The highest BCUT2D eigenvalue weighted by molar-refractivity contribution is 6.05. The molecule has 0 bridgehead atoms. The van der Waals surface area contributed by atoms with E-state index in [1.54, 1.807) is 12.1 Å². The Kier molecular flexibility index (Phi) is 2.95. The summed E-state index contributed by atoms with van der Waals surface area (Å²) in [5, 5.41) is 1.28. The zero-order chi connectivity index (χ0) is 14.4. The Morgan fingerprint density at radius 2 is 1.81 bits per heavy atom. The summed E-state index contributed by atoms with van der Waals surface area (Å²) in [5.41, 5.74) is 0.998. The quantitative estimate of drug-likeness (QED) is 0.611. The van der Waals surface area contributed by atoms with Crippen molar-refractivity contribution in [2.24, 2.45) is 5.92 Å². The third-order valence-electron chi connectivity index (χ3n) is 4.69. The average molecular weight is 286 g/mol. The summed E-state index contributed by atoms with van der Waals surface area (Å²) in [7, 11) is 0. The number of para-hydroxylation sites is 1. The summed E-state index contributed by atoms with van der Waals surface area (Å²) in [6.07, 6.45) is 5.58. The second kappa shape index (κ2) is 4.83. The molecule has 0 spiro atoms. The summed E-state index contributed by atoms with van der Waals surface area (Å²) in [5.74, 6) is -0.0326. The number of hydrogen-bond acceptors (Lipinski definition) is 1. The molecular weight excluding hydrogens is 270 g/mol. The first-order valence-corrected chi connectivity index (χ1v) is 7.52. The molecule has 0 amide bonds. The summed E-state index contributed by atoms with van der Waals surface area (Å²) >= 11 is 0. The third-order valence-corrected chi connectivity index (χ3v) is 4.69. The monoisotopic (exact) mass is 286 g/mol. The van der Waals surface area contributed by atoms with Crippen LogP contribution in [0, 0.1) is 17.6 Å². The Balaban J connectivity index is 1.78. The van der Waals surface area contributed by atoms with Crippen molar-refractivity contribution in [3.8, 4) is 0 Å². The van der Waals surface area contributed by atoms with E-state index in [0.29, 0.717) is 16.3 Å². The zero-order valence-corrected chi connectivity index (χ0v) is 11.7. The Morgan fingerprint density at radius 3 is 2.57 bits per heavy atom. The van der Waals surface area contributed by atoms with Gasteiger partial charge in [0, 0.05) is 10.8 Å². The molecule has 1 aliphatic rings. The number of furan rings is 1. The van der Waals surface area contributed by atoms with E-state index >= 15 is 0 Å². The highest BCUT2D eigenvalue weighted by Gasteiger charge is 2.20. The molecule has 108 valence electrons. The molecule has 0 aliphatic heterocycles. The summed E-state index contributed by atoms with van der Waals surface area (Å²) in [6, 6.07) is 8.38. The van der Waals surface area contributed by atoms with E-state index in [0.717, 1.165) is 18.8 Å². The predicted octanol–water partition coefficient (Wildman–Crippen LogP) is 5.60. The van der Waals surface area contributed by atoms with Crippen molar-refractivity contribution in [2.75, 3.05) is 0 Å². The van der Waals surface area contributed by atoms with Crippen LogP contribution < -0.4 is 0 Å². The van der Waals surface area contributed by atoms with Crippen LogP contribution in [0.4, 0.5) is 8.78 Å². The van der Waals surface area contributed by atoms with Gasteiger partial charge in [-0.1, -0.05) is 37.5 Å². The van der Waals surface area contributed by atoms with Crippen LogP contribution in [0.5, 0.6) is 0 Å². The maximum atomic E-state index is 14.6. The molecule has 1 heterocycles. The van der Waals surface area contributed by atoms with Crippen molar-refractivity contribution in [3.05, 3.63) is 47.5 Å². The summed E-state index contributed by atoms with van der Waals surface area (Å²) < 4.78 is 33.8. The minimum absolute atomic E-state index is 0.141. The lowest BCUT2D eigenvalue weighted by molar-refractivity contribution is 0.295. The molecule has 0 saturated heterocycles. The van der Waals surface area contributed by atoms with E-state index in [1.807, 2.05) is 12.1 Å². The first kappa shape index (κ1) is 12.8. The molecule has 1 nitrogen and oxygen atoms in total. The lowest BCUT2D eigenvalue weighted by atomic mass is 9.81. The van der Waals surface area contributed by atoms with Crippen LogP contribution in [0.3, 0.4) is 0 Å². The van der Waals surface area contributed by atoms with E-state index in [9.17, 15) is 8.78 Å². The van der Waals surface area contributed by atoms with Crippen LogP contribution in [0.25, 0.3) is 21.9 Å². The second-order valence-electron chi connectivity index (χ2n) is 5.97.